The average Bonchev–Trinajstić information content (AvgIpc) is 3.35. The number of benzene rings is 8. The Morgan fingerprint density at radius 3 is 1.41 bits per heavy atom. The molecule has 0 radical (unpaired) electrons. The van der Waals surface area contributed by atoms with Crippen molar-refractivity contribution in [3.63, 3.8) is 0 Å². The number of anilines is 9. The molecule has 2 aliphatic rings. The Morgan fingerprint density at radius 1 is 0.492 bits per heavy atom. The second-order valence-electron chi connectivity index (χ2n) is 15.4. The number of pyridine rings is 1. The monoisotopic (exact) mass is 824 g/mol. The minimum atomic E-state index is -2.91. The molecule has 0 amide bonds. The molecule has 7 nitrogen and oxygen atoms in total. The molecule has 0 unspecified atom stereocenters. The second kappa shape index (κ2) is 15.4. The van der Waals surface area contributed by atoms with E-state index in [0.29, 0.717) is 22.9 Å². The lowest BCUT2D eigenvalue weighted by Crippen LogP contribution is -2.77. The van der Waals surface area contributed by atoms with Gasteiger partial charge in [-0.05, 0) is 93.5 Å². The van der Waals surface area contributed by atoms with Crippen molar-refractivity contribution in [3.05, 3.63) is 235 Å². The highest BCUT2D eigenvalue weighted by atomic mass is 28.3. The van der Waals surface area contributed by atoms with Crippen LogP contribution in [0.5, 0.6) is 11.5 Å². The van der Waals surface area contributed by atoms with Crippen LogP contribution < -0.4 is 40.2 Å². The molecular formula is C55H36N6OSi. The molecule has 0 atom stereocenters. The number of rotatable bonds is 7. The summed E-state index contributed by atoms with van der Waals surface area (Å²) in [6.45, 7) is 7.71. The molecule has 0 spiro atoms. The van der Waals surface area contributed by atoms with Crippen LogP contribution in [0.25, 0.3) is 4.85 Å². The van der Waals surface area contributed by atoms with Gasteiger partial charge in [-0.2, -0.15) is 5.26 Å². The van der Waals surface area contributed by atoms with Crippen LogP contribution in [0, 0.1) is 17.9 Å². The summed E-state index contributed by atoms with van der Waals surface area (Å²) >= 11 is 0. The SMILES string of the molecule is [C-]#[N+]c1ccc(N(c2ccc(C#N)cc2)c2cc(N3c4ccccc4Oc4ccccc43)nc(N3c4ccccc4[Si](c4ccccc4)(c4ccccc4)c4ccccc43)c2)cc1. The summed E-state index contributed by atoms with van der Waals surface area (Å²) in [4.78, 5) is 16.1. The number of hydrogen-bond acceptors (Lipinski definition) is 6. The first-order valence-electron chi connectivity index (χ1n) is 20.7. The largest absolute Gasteiger partial charge is 0.453 e. The summed E-state index contributed by atoms with van der Waals surface area (Å²) in [7, 11) is -2.91. The van der Waals surface area contributed by atoms with E-state index in [1.165, 1.54) is 20.7 Å². The first-order valence-corrected chi connectivity index (χ1v) is 22.7. The van der Waals surface area contributed by atoms with Crippen molar-refractivity contribution >= 4 is 86.0 Å². The van der Waals surface area contributed by atoms with Crippen molar-refractivity contribution in [1.82, 2.24) is 4.98 Å². The molecule has 11 rings (SSSR count). The molecule has 0 N–H and O–H groups in total. The van der Waals surface area contributed by atoms with Crippen LogP contribution in [0.1, 0.15) is 5.56 Å². The minimum absolute atomic E-state index is 0.544. The van der Waals surface area contributed by atoms with Crippen molar-refractivity contribution in [2.24, 2.45) is 0 Å². The highest BCUT2D eigenvalue weighted by Gasteiger charge is 2.49. The van der Waals surface area contributed by atoms with Gasteiger partial charge in [-0.1, -0.05) is 133 Å². The third-order valence-electron chi connectivity index (χ3n) is 11.9. The van der Waals surface area contributed by atoms with Crippen molar-refractivity contribution in [2.75, 3.05) is 14.7 Å². The number of ether oxygens (including phenoxy) is 1. The topological polar surface area (TPSA) is 60.0 Å². The molecule has 0 fully saturated rings. The zero-order valence-corrected chi connectivity index (χ0v) is 34.9. The number of nitriles is 1. The number of fused-ring (bicyclic) bond motifs is 4. The summed E-state index contributed by atoms with van der Waals surface area (Å²) < 4.78 is 6.50. The minimum Gasteiger partial charge on any atom is -0.453 e. The second-order valence-corrected chi connectivity index (χ2v) is 19.1. The summed E-state index contributed by atoms with van der Waals surface area (Å²) in [5, 5.41) is 14.9. The van der Waals surface area contributed by atoms with Gasteiger partial charge in [-0.25, -0.2) is 9.83 Å². The van der Waals surface area contributed by atoms with E-state index < -0.39 is 8.07 Å². The highest BCUT2D eigenvalue weighted by Crippen LogP contribution is 2.52. The number of hydrogen-bond donors (Lipinski definition) is 0. The Labute approximate surface area is 367 Å². The molecule has 1 aromatic heterocycles. The van der Waals surface area contributed by atoms with Gasteiger partial charge in [0.2, 0.25) is 0 Å². The molecule has 0 saturated carbocycles. The number of nitrogens with zero attached hydrogens (tertiary/aromatic N) is 6. The average molecular weight is 825 g/mol. The molecule has 3 heterocycles. The Hall–Kier alpha value is -8.69. The Bertz CT molecular complexity index is 3060. The van der Waals surface area contributed by atoms with Crippen LogP contribution in [0.4, 0.5) is 57.1 Å². The molecule has 0 aliphatic carbocycles. The molecular weight excluding hydrogens is 789 g/mol. The fourth-order valence-electron chi connectivity index (χ4n) is 9.26. The molecule has 63 heavy (non-hydrogen) atoms. The lowest BCUT2D eigenvalue weighted by atomic mass is 10.1. The van der Waals surface area contributed by atoms with Crippen LogP contribution in [0.3, 0.4) is 0 Å². The quantitative estimate of drug-likeness (QED) is 0.118. The van der Waals surface area contributed by atoms with E-state index in [1.807, 2.05) is 84.9 Å². The molecule has 0 saturated heterocycles. The highest BCUT2D eigenvalue weighted by molar-refractivity contribution is 7.21. The summed E-state index contributed by atoms with van der Waals surface area (Å²) in [5.74, 6) is 2.83. The van der Waals surface area contributed by atoms with Crippen molar-refractivity contribution in [1.29, 1.82) is 5.26 Å². The third-order valence-corrected chi connectivity index (χ3v) is 16.8. The van der Waals surface area contributed by atoms with E-state index in [2.05, 4.69) is 159 Å². The zero-order valence-electron chi connectivity index (χ0n) is 33.9. The molecule has 296 valence electrons. The molecule has 8 heteroatoms. The normalized spacial score (nSPS) is 12.9. The number of aromatic nitrogens is 1. The molecule has 8 aromatic carbocycles. The fraction of sp³-hybridized carbons (Fsp3) is 0. The fourth-order valence-corrected chi connectivity index (χ4v) is 14.4. The van der Waals surface area contributed by atoms with Crippen molar-refractivity contribution < 1.29 is 4.74 Å². The van der Waals surface area contributed by atoms with Crippen LogP contribution in [0.15, 0.2) is 218 Å². The van der Waals surface area contributed by atoms with Crippen LogP contribution in [-0.2, 0) is 0 Å². The molecule has 2 aliphatic heterocycles. The van der Waals surface area contributed by atoms with Gasteiger partial charge in [-0.15, -0.1) is 0 Å². The van der Waals surface area contributed by atoms with E-state index in [9.17, 15) is 5.26 Å². The summed E-state index contributed by atoms with van der Waals surface area (Å²) in [6.07, 6.45) is 0. The predicted molar refractivity (Wildman–Crippen MR) is 257 cm³/mol. The Morgan fingerprint density at radius 2 is 0.921 bits per heavy atom. The van der Waals surface area contributed by atoms with Gasteiger partial charge >= 0.3 is 0 Å². The van der Waals surface area contributed by atoms with E-state index >= 15 is 0 Å². The first-order chi connectivity index (χ1) is 31.1. The van der Waals surface area contributed by atoms with E-state index in [-0.39, 0.29) is 0 Å². The Balaban J connectivity index is 1.22. The van der Waals surface area contributed by atoms with Crippen LogP contribution >= 0.6 is 0 Å². The van der Waals surface area contributed by atoms with Gasteiger partial charge in [0.25, 0.3) is 0 Å². The van der Waals surface area contributed by atoms with Gasteiger partial charge in [0, 0.05) is 34.9 Å². The van der Waals surface area contributed by atoms with Gasteiger partial charge in [0.1, 0.15) is 11.6 Å². The van der Waals surface area contributed by atoms with E-state index in [0.717, 1.165) is 51.3 Å². The summed E-state index contributed by atoms with van der Waals surface area (Å²) in [6, 6.07) is 77.5. The first kappa shape index (κ1) is 37.3. The smallest absolute Gasteiger partial charge is 0.187 e. The van der Waals surface area contributed by atoms with Gasteiger partial charge < -0.3 is 9.64 Å². The van der Waals surface area contributed by atoms with Crippen molar-refractivity contribution in [3.8, 4) is 17.6 Å². The number of para-hydroxylation sites is 6. The van der Waals surface area contributed by atoms with Gasteiger partial charge in [0.15, 0.2) is 25.3 Å². The van der Waals surface area contributed by atoms with Crippen LogP contribution in [-0.4, -0.2) is 13.1 Å². The van der Waals surface area contributed by atoms with E-state index in [4.69, 9.17) is 16.3 Å². The van der Waals surface area contributed by atoms with Crippen LogP contribution in [0.2, 0.25) is 0 Å². The standard InChI is InChI=1S/C55H36N6OSi/c1-57-40-30-34-42(35-31-40)59(41-32-28-39(38-56)29-33-41)43-36-54(60-46-20-8-12-24-50(46)62-51-25-13-9-21-47(51)60)58-55(37-43)61-48-22-10-14-26-52(48)63(44-16-4-2-5-17-44,45-18-6-3-7-19-45)53-27-15-11-23-49(53)61/h2-37H. The molecule has 9 aromatic rings. The van der Waals surface area contributed by atoms with E-state index in [1.54, 1.807) is 0 Å². The van der Waals surface area contributed by atoms with Gasteiger partial charge in [0.05, 0.1) is 35.3 Å². The predicted octanol–water partition coefficient (Wildman–Crippen LogP) is 11.7. The molecule has 0 bridgehead atoms. The lowest BCUT2D eigenvalue weighted by molar-refractivity contribution is 0.476. The summed E-state index contributed by atoms with van der Waals surface area (Å²) in [5.41, 5.74) is 7.45. The van der Waals surface area contributed by atoms with Crippen molar-refractivity contribution in [2.45, 2.75) is 0 Å². The maximum absolute atomic E-state index is 9.80. The maximum atomic E-state index is 9.80. The van der Waals surface area contributed by atoms with Gasteiger partial charge in [-0.3, -0.25) is 9.80 Å². The Kier molecular flexibility index (Phi) is 9.12. The zero-order chi connectivity index (χ0) is 42.3. The third kappa shape index (κ3) is 6.13. The lowest BCUT2D eigenvalue weighted by Gasteiger charge is -2.45. The maximum Gasteiger partial charge on any atom is 0.187 e.